The van der Waals surface area contributed by atoms with Crippen LogP contribution in [0.3, 0.4) is 0 Å². The molecule has 0 atom stereocenters. The van der Waals surface area contributed by atoms with Crippen LogP contribution in [0.4, 0.5) is 0 Å². The van der Waals surface area contributed by atoms with Crippen LogP contribution in [0.5, 0.6) is 0 Å². The van der Waals surface area contributed by atoms with Gasteiger partial charge in [-0.2, -0.15) is 0 Å². The van der Waals surface area contributed by atoms with Gasteiger partial charge in [0.05, 0.1) is 5.39 Å². The average molecular weight is 188 g/mol. The highest BCUT2D eigenvalue weighted by Gasteiger charge is 2.02. The van der Waals surface area contributed by atoms with Crippen molar-refractivity contribution < 1.29 is 4.42 Å². The van der Waals surface area contributed by atoms with Crippen LogP contribution in [0, 0.1) is 6.92 Å². The van der Waals surface area contributed by atoms with Crippen molar-refractivity contribution in [1.29, 1.82) is 0 Å². The van der Waals surface area contributed by atoms with Gasteiger partial charge in [-0.15, -0.1) is 0 Å². The zero-order chi connectivity index (χ0) is 10.1. The van der Waals surface area contributed by atoms with Crippen molar-refractivity contribution in [2.45, 2.75) is 20.3 Å². The second kappa shape index (κ2) is 3.29. The number of hydrogen-bond donors (Lipinski definition) is 0. The van der Waals surface area contributed by atoms with Gasteiger partial charge in [0.1, 0.15) is 5.76 Å². The topological polar surface area (TPSA) is 30.2 Å². The van der Waals surface area contributed by atoms with Crippen LogP contribution in [0.2, 0.25) is 0 Å². The van der Waals surface area contributed by atoms with Gasteiger partial charge in [0.15, 0.2) is 0 Å². The summed E-state index contributed by atoms with van der Waals surface area (Å²) in [5.41, 5.74) is 0.921. The molecule has 0 amide bonds. The lowest BCUT2D eigenvalue weighted by atomic mass is 10.1. The molecule has 2 rings (SSSR count). The van der Waals surface area contributed by atoms with E-state index in [0.717, 1.165) is 23.1 Å². The summed E-state index contributed by atoms with van der Waals surface area (Å²) in [7, 11) is 0. The van der Waals surface area contributed by atoms with Crippen molar-refractivity contribution in [2.24, 2.45) is 0 Å². The monoisotopic (exact) mass is 188 g/mol. The molecule has 0 N–H and O–H groups in total. The number of aryl methyl sites for hydroxylation is 2. The van der Waals surface area contributed by atoms with E-state index < -0.39 is 0 Å². The molecule has 1 heterocycles. The minimum Gasteiger partial charge on any atom is -0.427 e. The predicted octanol–water partition coefficient (Wildman–Crippen LogP) is 2.66. The Labute approximate surface area is 82.2 Å². The van der Waals surface area contributed by atoms with Crippen molar-refractivity contribution in [1.82, 2.24) is 0 Å². The fraction of sp³-hybridized carbons (Fsp3) is 0.250. The molecule has 14 heavy (non-hydrogen) atoms. The third-order valence-electron chi connectivity index (χ3n) is 2.32. The minimum absolute atomic E-state index is 0.237. The van der Waals surface area contributed by atoms with Gasteiger partial charge in [0, 0.05) is 6.42 Å². The third-order valence-corrected chi connectivity index (χ3v) is 2.32. The first-order valence-electron chi connectivity index (χ1n) is 4.74. The van der Waals surface area contributed by atoms with Crippen LogP contribution < -0.4 is 5.63 Å². The fourth-order valence-corrected chi connectivity index (χ4v) is 1.54. The Balaban J connectivity index is 2.84. The van der Waals surface area contributed by atoms with Gasteiger partial charge >= 0.3 is 5.63 Å². The lowest BCUT2D eigenvalue weighted by molar-refractivity contribution is 0.472. The number of rotatable bonds is 1. The van der Waals surface area contributed by atoms with Gasteiger partial charge in [-0.1, -0.05) is 24.6 Å². The predicted molar refractivity (Wildman–Crippen MR) is 56.6 cm³/mol. The normalized spacial score (nSPS) is 10.7. The van der Waals surface area contributed by atoms with Crippen molar-refractivity contribution in [3.63, 3.8) is 0 Å². The van der Waals surface area contributed by atoms with Crippen molar-refractivity contribution >= 4 is 10.8 Å². The summed E-state index contributed by atoms with van der Waals surface area (Å²) in [6, 6.07) is 7.68. The van der Waals surface area contributed by atoms with Crippen LogP contribution in [0.1, 0.15) is 18.2 Å². The SMILES string of the molecule is CCc1cc2cc(C)ccc2c(=O)o1. The van der Waals surface area contributed by atoms with E-state index in [-0.39, 0.29) is 5.63 Å². The van der Waals surface area contributed by atoms with E-state index in [1.165, 1.54) is 0 Å². The summed E-state index contributed by atoms with van der Waals surface area (Å²) in [6.45, 7) is 3.99. The Kier molecular flexibility index (Phi) is 2.12. The van der Waals surface area contributed by atoms with Crippen LogP contribution in [0.25, 0.3) is 10.8 Å². The highest BCUT2D eigenvalue weighted by atomic mass is 16.4. The molecule has 0 aliphatic heterocycles. The quantitative estimate of drug-likeness (QED) is 0.688. The molecule has 0 bridgehead atoms. The van der Waals surface area contributed by atoms with E-state index in [1.807, 2.05) is 38.1 Å². The molecule has 0 radical (unpaired) electrons. The van der Waals surface area contributed by atoms with E-state index in [9.17, 15) is 4.79 Å². The standard InChI is InChI=1S/C12H12O2/c1-3-10-7-9-6-8(2)4-5-11(9)12(13)14-10/h4-7H,3H2,1-2H3. The maximum absolute atomic E-state index is 11.5. The lowest BCUT2D eigenvalue weighted by Crippen LogP contribution is -2.01. The Morgan fingerprint density at radius 3 is 2.79 bits per heavy atom. The van der Waals surface area contributed by atoms with Gasteiger partial charge in [0.25, 0.3) is 0 Å². The Morgan fingerprint density at radius 2 is 2.07 bits per heavy atom. The van der Waals surface area contributed by atoms with Gasteiger partial charge in [-0.25, -0.2) is 4.79 Å². The minimum atomic E-state index is -0.237. The van der Waals surface area contributed by atoms with Gasteiger partial charge in [-0.3, -0.25) is 0 Å². The molecule has 0 unspecified atom stereocenters. The Hall–Kier alpha value is -1.57. The summed E-state index contributed by atoms with van der Waals surface area (Å²) in [4.78, 5) is 11.5. The van der Waals surface area contributed by atoms with E-state index >= 15 is 0 Å². The van der Waals surface area contributed by atoms with Crippen molar-refractivity contribution in [3.05, 3.63) is 46.0 Å². The lowest BCUT2D eigenvalue weighted by Gasteiger charge is -2.00. The van der Waals surface area contributed by atoms with E-state index in [4.69, 9.17) is 4.42 Å². The summed E-state index contributed by atoms with van der Waals surface area (Å²) >= 11 is 0. The molecular formula is C12H12O2. The zero-order valence-corrected chi connectivity index (χ0v) is 8.33. The Morgan fingerprint density at radius 1 is 1.29 bits per heavy atom. The number of fused-ring (bicyclic) bond motifs is 1. The first kappa shape index (κ1) is 9.00. The highest BCUT2D eigenvalue weighted by Crippen LogP contribution is 2.14. The first-order chi connectivity index (χ1) is 6.70. The van der Waals surface area contributed by atoms with E-state index in [1.54, 1.807) is 0 Å². The molecule has 2 nitrogen and oxygen atoms in total. The second-order valence-electron chi connectivity index (χ2n) is 3.44. The van der Waals surface area contributed by atoms with Crippen LogP contribution in [-0.4, -0.2) is 0 Å². The molecule has 2 aromatic rings. The molecule has 0 aliphatic rings. The van der Waals surface area contributed by atoms with E-state index in [0.29, 0.717) is 5.39 Å². The molecular weight excluding hydrogens is 176 g/mol. The van der Waals surface area contributed by atoms with Gasteiger partial charge < -0.3 is 4.42 Å². The Bertz CT molecular complexity index is 523. The molecule has 0 spiro atoms. The van der Waals surface area contributed by atoms with Crippen LogP contribution in [-0.2, 0) is 6.42 Å². The number of benzene rings is 1. The maximum Gasteiger partial charge on any atom is 0.343 e. The molecule has 0 fully saturated rings. The first-order valence-corrected chi connectivity index (χ1v) is 4.74. The smallest absolute Gasteiger partial charge is 0.343 e. The fourth-order valence-electron chi connectivity index (χ4n) is 1.54. The average Bonchev–Trinajstić information content (AvgIpc) is 2.16. The van der Waals surface area contributed by atoms with Gasteiger partial charge in [-0.05, 0) is 24.4 Å². The summed E-state index contributed by atoms with van der Waals surface area (Å²) in [5.74, 6) is 0.744. The largest absolute Gasteiger partial charge is 0.427 e. The van der Waals surface area contributed by atoms with Crippen LogP contribution in [0.15, 0.2) is 33.5 Å². The molecule has 1 aromatic carbocycles. The zero-order valence-electron chi connectivity index (χ0n) is 8.33. The summed E-state index contributed by atoms with van der Waals surface area (Å²) in [6.07, 6.45) is 0.749. The third kappa shape index (κ3) is 1.43. The van der Waals surface area contributed by atoms with E-state index in [2.05, 4.69) is 0 Å². The molecule has 0 saturated carbocycles. The van der Waals surface area contributed by atoms with Crippen molar-refractivity contribution in [3.8, 4) is 0 Å². The molecule has 1 aromatic heterocycles. The molecule has 2 heteroatoms. The summed E-state index contributed by atoms with van der Waals surface area (Å²) < 4.78 is 5.12. The highest BCUT2D eigenvalue weighted by molar-refractivity contribution is 5.81. The van der Waals surface area contributed by atoms with Crippen LogP contribution >= 0.6 is 0 Å². The maximum atomic E-state index is 11.5. The van der Waals surface area contributed by atoms with Crippen molar-refractivity contribution in [2.75, 3.05) is 0 Å². The molecule has 0 saturated heterocycles. The van der Waals surface area contributed by atoms with Gasteiger partial charge in [0.2, 0.25) is 0 Å². The number of hydrogen-bond acceptors (Lipinski definition) is 2. The molecule has 0 aliphatic carbocycles. The second-order valence-corrected chi connectivity index (χ2v) is 3.44. The summed E-state index contributed by atoms with van der Waals surface area (Å²) in [5, 5.41) is 1.63. The molecule has 72 valence electrons.